The van der Waals surface area contributed by atoms with E-state index in [-0.39, 0.29) is 11.9 Å². The van der Waals surface area contributed by atoms with Gasteiger partial charge in [-0.25, -0.2) is 0 Å². The smallest absolute Gasteiger partial charge is 0.122 e. The maximum atomic E-state index is 9.62. The average Bonchev–Trinajstić information content (AvgIpc) is 2.78. The lowest BCUT2D eigenvalue weighted by atomic mass is 10.0. The average molecular weight is 312 g/mol. The lowest BCUT2D eigenvalue weighted by Gasteiger charge is -2.21. The van der Waals surface area contributed by atoms with Gasteiger partial charge in [0.05, 0.1) is 11.8 Å². The topological polar surface area (TPSA) is 73.3 Å². The molecule has 1 heterocycles. The molecule has 1 aromatic carbocycles. The van der Waals surface area contributed by atoms with Crippen molar-refractivity contribution in [3.63, 3.8) is 0 Å². The van der Waals surface area contributed by atoms with Gasteiger partial charge in [0.25, 0.3) is 0 Å². The quantitative estimate of drug-likeness (QED) is 0.590. The summed E-state index contributed by atoms with van der Waals surface area (Å²) in [6.45, 7) is 3.67. The molecular weight excluding hydrogens is 294 g/mol. The maximum Gasteiger partial charge on any atom is 0.122 e. The predicted octanol–water partition coefficient (Wildman–Crippen LogP) is 1.94. The van der Waals surface area contributed by atoms with E-state index in [0.717, 1.165) is 35.2 Å². The number of nitrogens with two attached hydrogens (primary N) is 1. The number of aliphatic hydroxyl groups excluding tert-OH is 1. The lowest BCUT2D eigenvalue weighted by Crippen LogP contribution is -2.24. The monoisotopic (exact) mass is 311 g/mol. The van der Waals surface area contributed by atoms with Gasteiger partial charge < -0.3 is 15.7 Å². The van der Waals surface area contributed by atoms with Gasteiger partial charge in [-0.3, -0.25) is 5.41 Å². The minimum atomic E-state index is -0.259. The summed E-state index contributed by atoms with van der Waals surface area (Å²) in [5, 5.41) is 17.0. The fourth-order valence-electron chi connectivity index (χ4n) is 2.33. The van der Waals surface area contributed by atoms with Crippen molar-refractivity contribution in [2.24, 2.45) is 11.7 Å². The van der Waals surface area contributed by atoms with Crippen molar-refractivity contribution >= 4 is 27.5 Å². The van der Waals surface area contributed by atoms with Crippen LogP contribution in [0.2, 0.25) is 0 Å². The third-order valence-corrected chi connectivity index (χ3v) is 4.14. The van der Waals surface area contributed by atoms with Gasteiger partial charge in [0.1, 0.15) is 5.84 Å². The molecule has 4 N–H and O–H groups in total. The van der Waals surface area contributed by atoms with E-state index < -0.39 is 0 Å². The molecule has 0 amide bonds. The number of benzene rings is 1. The van der Waals surface area contributed by atoms with E-state index in [2.05, 4.69) is 20.8 Å². The fraction of sp³-hybridized carbons (Fsp3) is 0.462. The minimum Gasteiger partial charge on any atom is -0.393 e. The molecule has 0 aromatic heterocycles. The summed E-state index contributed by atoms with van der Waals surface area (Å²) in [5.74, 6) is 0.412. The van der Waals surface area contributed by atoms with Crippen LogP contribution in [0.4, 0.5) is 5.69 Å². The van der Waals surface area contributed by atoms with Gasteiger partial charge in [0.2, 0.25) is 0 Å². The van der Waals surface area contributed by atoms with Crippen molar-refractivity contribution in [3.05, 3.63) is 28.2 Å². The number of nitrogens with zero attached hydrogens (tertiary/aromatic N) is 1. The Kier molecular flexibility index (Phi) is 3.92. The van der Waals surface area contributed by atoms with E-state index >= 15 is 0 Å². The first kappa shape index (κ1) is 13.4. The zero-order chi connectivity index (χ0) is 13.3. The molecule has 0 spiro atoms. The number of hydrogen-bond acceptors (Lipinski definition) is 3. The summed E-state index contributed by atoms with van der Waals surface area (Å²) in [6, 6.07) is 5.71. The predicted molar refractivity (Wildman–Crippen MR) is 77.2 cm³/mol. The molecule has 1 saturated heterocycles. The number of rotatable bonds is 3. The van der Waals surface area contributed by atoms with E-state index in [1.54, 1.807) is 0 Å². The Morgan fingerprint density at radius 1 is 1.61 bits per heavy atom. The Balaban J connectivity index is 2.18. The number of anilines is 1. The summed E-state index contributed by atoms with van der Waals surface area (Å²) in [7, 11) is 0. The van der Waals surface area contributed by atoms with Crippen molar-refractivity contribution in [1.82, 2.24) is 0 Å². The van der Waals surface area contributed by atoms with E-state index in [9.17, 15) is 5.11 Å². The van der Waals surface area contributed by atoms with Gasteiger partial charge in [-0.2, -0.15) is 0 Å². The molecule has 98 valence electrons. The first-order valence-electron chi connectivity index (χ1n) is 6.06. The second kappa shape index (κ2) is 5.28. The number of amidine groups is 1. The van der Waals surface area contributed by atoms with Crippen LogP contribution < -0.4 is 10.6 Å². The molecule has 18 heavy (non-hydrogen) atoms. The standard InChI is InChI=1S/C13H18BrN3O/c1-8(18)10-4-5-17(7-10)12-3-2-9(13(15)16)6-11(12)14/h2-3,6,8,10,18H,4-5,7H2,1H3,(H3,15,16). The largest absolute Gasteiger partial charge is 0.393 e. The summed E-state index contributed by atoms with van der Waals surface area (Å²) >= 11 is 3.53. The first-order chi connectivity index (χ1) is 8.49. The van der Waals surface area contributed by atoms with Crippen molar-refractivity contribution in [1.29, 1.82) is 5.41 Å². The van der Waals surface area contributed by atoms with E-state index in [0.29, 0.717) is 5.92 Å². The molecule has 1 aliphatic rings. The summed E-state index contributed by atoms with van der Waals surface area (Å²) < 4.78 is 0.946. The fourth-order valence-corrected chi connectivity index (χ4v) is 2.96. The molecule has 4 nitrogen and oxygen atoms in total. The Labute approximate surface area is 115 Å². The van der Waals surface area contributed by atoms with E-state index in [4.69, 9.17) is 11.1 Å². The molecule has 2 rings (SSSR count). The highest BCUT2D eigenvalue weighted by Crippen LogP contribution is 2.32. The van der Waals surface area contributed by atoms with Crippen LogP contribution in [0.3, 0.4) is 0 Å². The summed E-state index contributed by atoms with van der Waals surface area (Å²) in [5.41, 5.74) is 7.28. The Morgan fingerprint density at radius 2 is 2.33 bits per heavy atom. The minimum absolute atomic E-state index is 0.0746. The third-order valence-electron chi connectivity index (χ3n) is 3.51. The number of halogens is 1. The normalized spacial score (nSPS) is 21.1. The molecule has 0 aliphatic carbocycles. The molecule has 5 heteroatoms. The molecule has 1 fully saturated rings. The van der Waals surface area contributed by atoms with Gasteiger partial charge in [-0.05, 0) is 47.5 Å². The summed E-state index contributed by atoms with van der Waals surface area (Å²) in [4.78, 5) is 2.26. The van der Waals surface area contributed by atoms with Crippen LogP contribution in [-0.2, 0) is 0 Å². The lowest BCUT2D eigenvalue weighted by molar-refractivity contribution is 0.136. The highest BCUT2D eigenvalue weighted by Gasteiger charge is 2.27. The summed E-state index contributed by atoms with van der Waals surface area (Å²) in [6.07, 6.45) is 0.753. The van der Waals surface area contributed by atoms with Crippen molar-refractivity contribution in [2.45, 2.75) is 19.4 Å². The van der Waals surface area contributed by atoms with Crippen molar-refractivity contribution in [3.8, 4) is 0 Å². The zero-order valence-electron chi connectivity index (χ0n) is 10.4. The SMILES string of the molecule is CC(O)C1CCN(c2ccc(C(=N)N)cc2Br)C1. The second-order valence-corrected chi connectivity index (χ2v) is 5.67. The Morgan fingerprint density at radius 3 is 2.83 bits per heavy atom. The van der Waals surface area contributed by atoms with Crippen LogP contribution in [0.1, 0.15) is 18.9 Å². The zero-order valence-corrected chi connectivity index (χ0v) is 11.9. The van der Waals surface area contributed by atoms with Crippen LogP contribution in [0, 0.1) is 11.3 Å². The molecule has 2 atom stereocenters. The Hall–Kier alpha value is -1.07. The molecule has 1 aromatic rings. The molecule has 0 saturated carbocycles. The highest BCUT2D eigenvalue weighted by molar-refractivity contribution is 9.10. The Bertz CT molecular complexity index is 462. The van der Waals surface area contributed by atoms with E-state index in [1.807, 2.05) is 25.1 Å². The van der Waals surface area contributed by atoms with Crippen LogP contribution in [0.15, 0.2) is 22.7 Å². The molecule has 1 aliphatic heterocycles. The number of aliphatic hydroxyl groups is 1. The number of nitrogens with one attached hydrogen (secondary N) is 1. The maximum absolute atomic E-state index is 9.62. The van der Waals surface area contributed by atoms with Crippen molar-refractivity contribution < 1.29 is 5.11 Å². The molecule has 0 bridgehead atoms. The third kappa shape index (κ3) is 2.67. The van der Waals surface area contributed by atoms with Crippen LogP contribution >= 0.6 is 15.9 Å². The van der Waals surface area contributed by atoms with Crippen molar-refractivity contribution in [2.75, 3.05) is 18.0 Å². The van der Waals surface area contributed by atoms with Crippen LogP contribution in [0.25, 0.3) is 0 Å². The number of nitrogen functional groups attached to an aromatic ring is 1. The van der Waals surface area contributed by atoms with Gasteiger partial charge in [-0.1, -0.05) is 0 Å². The highest BCUT2D eigenvalue weighted by atomic mass is 79.9. The van der Waals surface area contributed by atoms with E-state index in [1.165, 1.54) is 0 Å². The van der Waals surface area contributed by atoms with Gasteiger partial charge in [-0.15, -0.1) is 0 Å². The molecule has 0 radical (unpaired) electrons. The number of hydrogen-bond donors (Lipinski definition) is 3. The van der Waals surface area contributed by atoms with Gasteiger partial charge in [0, 0.05) is 29.0 Å². The van der Waals surface area contributed by atoms with Gasteiger partial charge in [0.15, 0.2) is 0 Å². The van der Waals surface area contributed by atoms with Crippen LogP contribution in [-0.4, -0.2) is 30.1 Å². The first-order valence-corrected chi connectivity index (χ1v) is 6.85. The van der Waals surface area contributed by atoms with Crippen LogP contribution in [0.5, 0.6) is 0 Å². The van der Waals surface area contributed by atoms with Gasteiger partial charge >= 0.3 is 0 Å². The molecular formula is C13H18BrN3O. The molecule has 2 unspecified atom stereocenters. The second-order valence-electron chi connectivity index (χ2n) is 4.82.